The zero-order valence-corrected chi connectivity index (χ0v) is 11.4. The van der Waals surface area contributed by atoms with E-state index in [1.54, 1.807) is 6.07 Å². The summed E-state index contributed by atoms with van der Waals surface area (Å²) in [5.74, 6) is 2.54. The van der Waals surface area contributed by atoms with Crippen LogP contribution >= 0.6 is 11.6 Å². The van der Waals surface area contributed by atoms with Crippen molar-refractivity contribution in [1.82, 2.24) is 15.2 Å². The third-order valence-corrected chi connectivity index (χ3v) is 2.77. The third-order valence-electron chi connectivity index (χ3n) is 2.53. The van der Waals surface area contributed by atoms with Crippen LogP contribution in [0.5, 0.6) is 5.75 Å². The Hall–Kier alpha value is -1.55. The largest absolute Gasteiger partial charge is 0.483 e. The minimum absolute atomic E-state index is 0.191. The normalized spacial score (nSPS) is 12.7. The minimum Gasteiger partial charge on any atom is -0.483 e. The molecule has 0 aliphatic rings. The fourth-order valence-corrected chi connectivity index (χ4v) is 1.71. The van der Waals surface area contributed by atoms with Crippen molar-refractivity contribution in [2.75, 3.05) is 0 Å². The van der Waals surface area contributed by atoms with Gasteiger partial charge in [0.25, 0.3) is 0 Å². The molecule has 0 bridgehead atoms. The van der Waals surface area contributed by atoms with Crippen molar-refractivity contribution < 1.29 is 4.74 Å². The Bertz CT molecular complexity index is 524. The highest BCUT2D eigenvalue weighted by molar-refractivity contribution is 6.30. The van der Waals surface area contributed by atoms with Crippen LogP contribution < -0.4 is 4.74 Å². The average molecular weight is 266 g/mol. The van der Waals surface area contributed by atoms with E-state index in [1.807, 2.05) is 25.1 Å². The number of rotatable bonds is 4. The summed E-state index contributed by atoms with van der Waals surface area (Å²) in [4.78, 5) is 4.40. The average Bonchev–Trinajstić information content (AvgIpc) is 2.78. The monoisotopic (exact) mass is 265 g/mol. The number of aromatic nitrogens is 3. The Morgan fingerprint density at radius 2 is 2.06 bits per heavy atom. The van der Waals surface area contributed by atoms with Crippen LogP contribution in [0.1, 0.15) is 44.4 Å². The van der Waals surface area contributed by atoms with E-state index >= 15 is 0 Å². The summed E-state index contributed by atoms with van der Waals surface area (Å²) in [7, 11) is 0. The summed E-state index contributed by atoms with van der Waals surface area (Å²) in [5.41, 5.74) is 0. The fourth-order valence-electron chi connectivity index (χ4n) is 1.53. The molecule has 18 heavy (non-hydrogen) atoms. The minimum atomic E-state index is -0.191. The highest BCUT2D eigenvalue weighted by Gasteiger charge is 2.14. The summed E-state index contributed by atoms with van der Waals surface area (Å²) in [6, 6.07) is 7.30. The Balaban J connectivity index is 2.09. The van der Waals surface area contributed by atoms with Crippen LogP contribution in [0.4, 0.5) is 0 Å². The van der Waals surface area contributed by atoms with Crippen molar-refractivity contribution in [2.45, 2.75) is 32.8 Å². The SMILES string of the molecule is CC(C)c1n[nH]c(C(C)Oc2cccc(Cl)c2)n1. The second kappa shape index (κ2) is 5.40. The second-order valence-electron chi connectivity index (χ2n) is 4.45. The van der Waals surface area contributed by atoms with Gasteiger partial charge in [-0.1, -0.05) is 31.5 Å². The number of H-pyrrole nitrogens is 1. The van der Waals surface area contributed by atoms with E-state index in [0.29, 0.717) is 10.9 Å². The van der Waals surface area contributed by atoms with E-state index in [-0.39, 0.29) is 6.10 Å². The summed E-state index contributed by atoms with van der Waals surface area (Å²) in [5, 5.41) is 7.71. The van der Waals surface area contributed by atoms with Crippen molar-refractivity contribution in [2.24, 2.45) is 0 Å². The van der Waals surface area contributed by atoms with Gasteiger partial charge in [-0.05, 0) is 25.1 Å². The van der Waals surface area contributed by atoms with Gasteiger partial charge in [-0.2, -0.15) is 5.10 Å². The molecule has 1 aromatic carbocycles. The molecule has 1 N–H and O–H groups in total. The Labute approximate surface area is 111 Å². The molecule has 2 rings (SSSR count). The number of hydrogen-bond acceptors (Lipinski definition) is 3. The maximum atomic E-state index is 5.90. The van der Waals surface area contributed by atoms with Crippen molar-refractivity contribution >= 4 is 11.6 Å². The van der Waals surface area contributed by atoms with Crippen LogP contribution in [0.25, 0.3) is 0 Å². The molecule has 5 heteroatoms. The molecule has 96 valence electrons. The van der Waals surface area contributed by atoms with Crippen LogP contribution in [0.15, 0.2) is 24.3 Å². The maximum Gasteiger partial charge on any atom is 0.165 e. The molecule has 1 aromatic heterocycles. The molecule has 0 fully saturated rings. The lowest BCUT2D eigenvalue weighted by Gasteiger charge is -2.11. The molecule has 1 unspecified atom stereocenters. The zero-order valence-electron chi connectivity index (χ0n) is 10.6. The summed E-state index contributed by atoms with van der Waals surface area (Å²) in [6.45, 7) is 6.02. The van der Waals surface area contributed by atoms with Gasteiger partial charge in [0.15, 0.2) is 17.8 Å². The molecule has 4 nitrogen and oxygen atoms in total. The molecule has 0 spiro atoms. The van der Waals surface area contributed by atoms with E-state index in [2.05, 4.69) is 29.0 Å². The quantitative estimate of drug-likeness (QED) is 0.917. The number of aromatic amines is 1. The van der Waals surface area contributed by atoms with Crippen LogP contribution in [0.2, 0.25) is 5.02 Å². The summed E-state index contributed by atoms with van der Waals surface area (Å²) >= 11 is 5.90. The zero-order chi connectivity index (χ0) is 13.1. The number of halogens is 1. The highest BCUT2D eigenvalue weighted by Crippen LogP contribution is 2.23. The topological polar surface area (TPSA) is 50.8 Å². The predicted octanol–water partition coefficient (Wildman–Crippen LogP) is 3.72. The van der Waals surface area contributed by atoms with Gasteiger partial charge in [0, 0.05) is 10.9 Å². The second-order valence-corrected chi connectivity index (χ2v) is 4.89. The van der Waals surface area contributed by atoms with Crippen LogP contribution in [-0.2, 0) is 0 Å². The number of nitrogens with zero attached hydrogens (tertiary/aromatic N) is 2. The molecule has 0 amide bonds. The highest BCUT2D eigenvalue weighted by atomic mass is 35.5. The predicted molar refractivity (Wildman–Crippen MR) is 71.0 cm³/mol. The van der Waals surface area contributed by atoms with E-state index in [1.165, 1.54) is 0 Å². The Kier molecular flexibility index (Phi) is 3.87. The lowest BCUT2D eigenvalue weighted by molar-refractivity contribution is 0.217. The van der Waals surface area contributed by atoms with Gasteiger partial charge < -0.3 is 4.74 Å². The van der Waals surface area contributed by atoms with E-state index in [9.17, 15) is 0 Å². The molecule has 0 aliphatic carbocycles. The molecule has 1 heterocycles. The van der Waals surface area contributed by atoms with E-state index < -0.39 is 0 Å². The molecular formula is C13H16ClN3O. The van der Waals surface area contributed by atoms with Gasteiger partial charge in [0.2, 0.25) is 0 Å². The van der Waals surface area contributed by atoms with Gasteiger partial charge in [0.1, 0.15) is 5.75 Å². The first-order valence-electron chi connectivity index (χ1n) is 5.90. The van der Waals surface area contributed by atoms with Gasteiger partial charge >= 0.3 is 0 Å². The standard InChI is InChI=1S/C13H16ClN3O/c1-8(2)12-15-13(17-16-12)9(3)18-11-6-4-5-10(14)7-11/h4-9H,1-3H3,(H,15,16,17). The first-order chi connectivity index (χ1) is 8.56. The number of hydrogen-bond donors (Lipinski definition) is 1. The summed E-state index contributed by atoms with van der Waals surface area (Å²) < 4.78 is 5.76. The molecule has 0 saturated carbocycles. The van der Waals surface area contributed by atoms with E-state index in [0.717, 1.165) is 17.4 Å². The Morgan fingerprint density at radius 3 is 2.67 bits per heavy atom. The molecule has 0 radical (unpaired) electrons. The molecule has 2 aromatic rings. The maximum absolute atomic E-state index is 5.90. The van der Waals surface area contributed by atoms with Gasteiger partial charge in [-0.25, -0.2) is 4.98 Å². The smallest absolute Gasteiger partial charge is 0.165 e. The van der Waals surface area contributed by atoms with Crippen molar-refractivity contribution in [1.29, 1.82) is 0 Å². The van der Waals surface area contributed by atoms with Crippen molar-refractivity contribution in [3.63, 3.8) is 0 Å². The number of ether oxygens (including phenoxy) is 1. The number of benzene rings is 1. The van der Waals surface area contributed by atoms with Gasteiger partial charge in [0.05, 0.1) is 0 Å². The lowest BCUT2D eigenvalue weighted by atomic mass is 10.2. The molecule has 0 aliphatic heterocycles. The summed E-state index contributed by atoms with van der Waals surface area (Å²) in [6.07, 6.45) is -0.191. The first kappa shape index (κ1) is 12.9. The van der Waals surface area contributed by atoms with Crippen molar-refractivity contribution in [3.8, 4) is 5.75 Å². The third kappa shape index (κ3) is 3.01. The molecular weight excluding hydrogens is 250 g/mol. The lowest BCUT2D eigenvalue weighted by Crippen LogP contribution is -2.05. The number of nitrogens with one attached hydrogen (secondary N) is 1. The fraction of sp³-hybridized carbons (Fsp3) is 0.385. The molecule has 1 atom stereocenters. The van der Waals surface area contributed by atoms with E-state index in [4.69, 9.17) is 16.3 Å². The van der Waals surface area contributed by atoms with Crippen molar-refractivity contribution in [3.05, 3.63) is 40.9 Å². The Morgan fingerprint density at radius 1 is 1.28 bits per heavy atom. The first-order valence-corrected chi connectivity index (χ1v) is 6.28. The van der Waals surface area contributed by atoms with Crippen LogP contribution in [0.3, 0.4) is 0 Å². The van der Waals surface area contributed by atoms with Crippen LogP contribution in [0, 0.1) is 0 Å². The van der Waals surface area contributed by atoms with Crippen LogP contribution in [-0.4, -0.2) is 15.2 Å². The molecule has 0 saturated heterocycles. The van der Waals surface area contributed by atoms with Gasteiger partial charge in [-0.15, -0.1) is 0 Å². The van der Waals surface area contributed by atoms with Gasteiger partial charge in [-0.3, -0.25) is 5.10 Å².